The molecule has 0 aliphatic heterocycles. The Bertz CT molecular complexity index is 801. The van der Waals surface area contributed by atoms with Gasteiger partial charge in [-0.05, 0) is 69.7 Å². The number of carbonyl (C=O) groups excluding carboxylic acids is 2. The largest absolute Gasteiger partial charge is 0.490 e. The van der Waals surface area contributed by atoms with E-state index in [0.29, 0.717) is 41.5 Å². The minimum absolute atomic E-state index is 0.0655. The van der Waals surface area contributed by atoms with Gasteiger partial charge in [0.25, 0.3) is 11.8 Å². The lowest BCUT2D eigenvalue weighted by atomic mass is 10.1. The Morgan fingerprint density at radius 3 is 2.18 bits per heavy atom. The van der Waals surface area contributed by atoms with Gasteiger partial charge in [0.1, 0.15) is 0 Å². The van der Waals surface area contributed by atoms with Crippen LogP contribution in [0.1, 0.15) is 54.8 Å². The third kappa shape index (κ3) is 6.01. The number of hydrogen-bond acceptors (Lipinski definition) is 4. The molecule has 0 spiro atoms. The second kappa shape index (κ2) is 10.3. The second-order valence-corrected chi connectivity index (χ2v) is 6.60. The summed E-state index contributed by atoms with van der Waals surface area (Å²) in [5.74, 6) is 0.768. The van der Waals surface area contributed by atoms with Crippen LogP contribution in [0, 0.1) is 0 Å². The molecule has 0 heterocycles. The molecule has 2 aromatic carbocycles. The number of amides is 2. The van der Waals surface area contributed by atoms with Crippen molar-refractivity contribution in [1.29, 1.82) is 0 Å². The quantitative estimate of drug-likeness (QED) is 0.677. The highest BCUT2D eigenvalue weighted by Gasteiger charge is 2.13. The van der Waals surface area contributed by atoms with E-state index in [-0.39, 0.29) is 17.9 Å². The Morgan fingerprint density at radius 1 is 0.893 bits per heavy atom. The van der Waals surface area contributed by atoms with E-state index in [1.807, 2.05) is 27.7 Å². The summed E-state index contributed by atoms with van der Waals surface area (Å²) >= 11 is 0. The summed E-state index contributed by atoms with van der Waals surface area (Å²) in [6.07, 6.45) is 0.888. The number of anilines is 1. The Labute approximate surface area is 166 Å². The average Bonchev–Trinajstić information content (AvgIpc) is 2.67. The SMILES string of the molecule is CCCOc1ccc(C(=O)Nc2ccc(C(=O)NC(C)C)cc2)cc1OCC. The van der Waals surface area contributed by atoms with E-state index in [1.54, 1.807) is 42.5 Å². The summed E-state index contributed by atoms with van der Waals surface area (Å²) in [5.41, 5.74) is 1.62. The molecule has 0 aliphatic rings. The summed E-state index contributed by atoms with van der Waals surface area (Å²) < 4.78 is 11.3. The fourth-order valence-electron chi connectivity index (χ4n) is 2.50. The summed E-state index contributed by atoms with van der Waals surface area (Å²) in [7, 11) is 0. The van der Waals surface area contributed by atoms with Crippen LogP contribution in [0.15, 0.2) is 42.5 Å². The first-order valence-corrected chi connectivity index (χ1v) is 9.56. The monoisotopic (exact) mass is 384 g/mol. The molecule has 2 amide bonds. The Kier molecular flexibility index (Phi) is 7.87. The lowest BCUT2D eigenvalue weighted by Gasteiger charge is -2.13. The third-order valence-electron chi connectivity index (χ3n) is 3.79. The number of rotatable bonds is 9. The van der Waals surface area contributed by atoms with Gasteiger partial charge in [-0.25, -0.2) is 0 Å². The van der Waals surface area contributed by atoms with E-state index >= 15 is 0 Å². The van der Waals surface area contributed by atoms with Gasteiger partial charge >= 0.3 is 0 Å². The van der Waals surface area contributed by atoms with E-state index in [2.05, 4.69) is 10.6 Å². The molecule has 2 N–H and O–H groups in total. The van der Waals surface area contributed by atoms with E-state index in [1.165, 1.54) is 0 Å². The van der Waals surface area contributed by atoms with Crippen LogP contribution in [0.4, 0.5) is 5.69 Å². The molecule has 0 saturated heterocycles. The molecular formula is C22H28N2O4. The van der Waals surface area contributed by atoms with Crippen LogP contribution in [0.25, 0.3) is 0 Å². The van der Waals surface area contributed by atoms with Gasteiger partial charge in [0.15, 0.2) is 11.5 Å². The van der Waals surface area contributed by atoms with Crippen molar-refractivity contribution in [2.45, 2.75) is 40.2 Å². The molecule has 150 valence electrons. The van der Waals surface area contributed by atoms with Crippen molar-refractivity contribution < 1.29 is 19.1 Å². The molecule has 0 radical (unpaired) electrons. The fraction of sp³-hybridized carbons (Fsp3) is 0.364. The zero-order chi connectivity index (χ0) is 20.5. The van der Waals surface area contributed by atoms with Gasteiger partial charge in [-0.15, -0.1) is 0 Å². The highest BCUT2D eigenvalue weighted by atomic mass is 16.5. The molecule has 0 bridgehead atoms. The molecule has 6 heteroatoms. The number of benzene rings is 2. The van der Waals surface area contributed by atoms with Crippen LogP contribution in [0.3, 0.4) is 0 Å². The molecule has 0 unspecified atom stereocenters. The van der Waals surface area contributed by atoms with Crippen LogP contribution in [-0.4, -0.2) is 31.1 Å². The zero-order valence-electron chi connectivity index (χ0n) is 16.9. The predicted molar refractivity (Wildman–Crippen MR) is 110 cm³/mol. The lowest BCUT2D eigenvalue weighted by molar-refractivity contribution is 0.0942. The molecule has 28 heavy (non-hydrogen) atoms. The summed E-state index contributed by atoms with van der Waals surface area (Å²) in [6.45, 7) is 8.78. The predicted octanol–water partition coefficient (Wildman–Crippen LogP) is 4.26. The molecule has 2 rings (SSSR count). The van der Waals surface area contributed by atoms with Crippen LogP contribution >= 0.6 is 0 Å². The van der Waals surface area contributed by atoms with Gasteiger partial charge in [-0.2, -0.15) is 0 Å². The van der Waals surface area contributed by atoms with Crippen molar-refractivity contribution in [3.63, 3.8) is 0 Å². The molecule has 0 fully saturated rings. The number of carbonyl (C=O) groups is 2. The fourth-order valence-corrected chi connectivity index (χ4v) is 2.50. The highest BCUT2D eigenvalue weighted by Crippen LogP contribution is 2.29. The molecule has 6 nitrogen and oxygen atoms in total. The maximum absolute atomic E-state index is 12.6. The van der Waals surface area contributed by atoms with Crippen molar-refractivity contribution in [1.82, 2.24) is 5.32 Å². The zero-order valence-corrected chi connectivity index (χ0v) is 16.9. The summed E-state index contributed by atoms with van der Waals surface area (Å²) in [5, 5.41) is 5.66. The van der Waals surface area contributed by atoms with E-state index in [0.717, 1.165) is 6.42 Å². The molecule has 0 atom stereocenters. The van der Waals surface area contributed by atoms with Gasteiger partial charge in [-0.1, -0.05) is 6.92 Å². The maximum Gasteiger partial charge on any atom is 0.255 e. The third-order valence-corrected chi connectivity index (χ3v) is 3.79. The van der Waals surface area contributed by atoms with Crippen molar-refractivity contribution in [2.75, 3.05) is 18.5 Å². The topological polar surface area (TPSA) is 76.7 Å². The Morgan fingerprint density at radius 2 is 1.57 bits per heavy atom. The second-order valence-electron chi connectivity index (χ2n) is 6.60. The minimum Gasteiger partial charge on any atom is -0.490 e. The van der Waals surface area contributed by atoms with E-state index < -0.39 is 0 Å². The van der Waals surface area contributed by atoms with Crippen molar-refractivity contribution in [3.8, 4) is 11.5 Å². The van der Waals surface area contributed by atoms with Crippen LogP contribution in [0.5, 0.6) is 11.5 Å². The van der Waals surface area contributed by atoms with Gasteiger partial charge in [0.2, 0.25) is 0 Å². The van der Waals surface area contributed by atoms with Crippen LogP contribution in [0.2, 0.25) is 0 Å². The van der Waals surface area contributed by atoms with Gasteiger partial charge in [-0.3, -0.25) is 9.59 Å². The standard InChI is InChI=1S/C22H28N2O4/c1-5-13-28-19-12-9-17(14-20(19)27-6-2)22(26)24-18-10-7-16(8-11-18)21(25)23-15(3)4/h7-12,14-15H,5-6,13H2,1-4H3,(H,23,25)(H,24,26). The Hall–Kier alpha value is -3.02. The molecular weight excluding hydrogens is 356 g/mol. The first kappa shape index (κ1) is 21.3. The van der Waals surface area contributed by atoms with Crippen LogP contribution < -0.4 is 20.1 Å². The first-order valence-electron chi connectivity index (χ1n) is 9.56. The number of ether oxygens (including phenoxy) is 2. The van der Waals surface area contributed by atoms with E-state index in [9.17, 15) is 9.59 Å². The van der Waals surface area contributed by atoms with Gasteiger partial charge in [0, 0.05) is 22.9 Å². The van der Waals surface area contributed by atoms with E-state index in [4.69, 9.17) is 9.47 Å². The minimum atomic E-state index is -0.262. The molecule has 2 aromatic rings. The lowest BCUT2D eigenvalue weighted by Crippen LogP contribution is -2.30. The first-order chi connectivity index (χ1) is 13.4. The summed E-state index contributed by atoms with van der Waals surface area (Å²) in [4.78, 5) is 24.6. The Balaban J connectivity index is 2.09. The highest BCUT2D eigenvalue weighted by molar-refractivity contribution is 6.05. The van der Waals surface area contributed by atoms with Crippen molar-refractivity contribution >= 4 is 17.5 Å². The number of hydrogen-bond donors (Lipinski definition) is 2. The normalized spacial score (nSPS) is 10.5. The van der Waals surface area contributed by atoms with Crippen LogP contribution in [-0.2, 0) is 0 Å². The smallest absolute Gasteiger partial charge is 0.255 e. The molecule has 0 saturated carbocycles. The maximum atomic E-state index is 12.6. The van der Waals surface area contributed by atoms with Crippen molar-refractivity contribution in [3.05, 3.63) is 53.6 Å². The average molecular weight is 384 g/mol. The number of nitrogens with one attached hydrogen (secondary N) is 2. The summed E-state index contributed by atoms with van der Waals surface area (Å²) in [6, 6.07) is 12.0. The van der Waals surface area contributed by atoms with Gasteiger partial charge in [0.05, 0.1) is 13.2 Å². The molecule has 0 aliphatic carbocycles. The molecule has 0 aromatic heterocycles. The van der Waals surface area contributed by atoms with Crippen molar-refractivity contribution in [2.24, 2.45) is 0 Å². The van der Waals surface area contributed by atoms with Gasteiger partial charge < -0.3 is 20.1 Å².